The van der Waals surface area contributed by atoms with Crippen LogP contribution in [0.15, 0.2) is 0 Å². The fraction of sp³-hybridized carbons (Fsp3) is 1.00. The van der Waals surface area contributed by atoms with Gasteiger partial charge in [-0.25, -0.2) is 0 Å². The van der Waals surface area contributed by atoms with Crippen LogP contribution in [0.2, 0.25) is 0 Å². The highest BCUT2D eigenvalue weighted by molar-refractivity contribution is 5.00. The third-order valence-corrected chi connectivity index (χ3v) is 4.42. The van der Waals surface area contributed by atoms with E-state index in [0.717, 1.165) is 32.5 Å². The zero-order valence-electron chi connectivity index (χ0n) is 11.7. The average molecular weight is 241 g/mol. The van der Waals surface area contributed by atoms with Crippen molar-refractivity contribution in [2.45, 2.75) is 64.2 Å². The Morgan fingerprint density at radius 3 is 2.18 bits per heavy atom. The van der Waals surface area contributed by atoms with Crippen LogP contribution >= 0.6 is 0 Å². The first-order valence-corrected chi connectivity index (χ1v) is 6.85. The molecule has 17 heavy (non-hydrogen) atoms. The topological polar surface area (TPSA) is 44.5 Å². The molecule has 100 valence electrons. The van der Waals surface area contributed by atoms with Crippen molar-refractivity contribution in [3.8, 4) is 0 Å². The average Bonchev–Trinajstić information content (AvgIpc) is 2.47. The number of rotatable bonds is 2. The van der Waals surface area contributed by atoms with Crippen molar-refractivity contribution in [3.05, 3.63) is 0 Å². The van der Waals surface area contributed by atoms with Crippen LogP contribution in [0.4, 0.5) is 0 Å². The van der Waals surface area contributed by atoms with Gasteiger partial charge in [-0.1, -0.05) is 0 Å². The second-order valence-electron chi connectivity index (χ2n) is 6.80. The molecule has 0 bridgehead atoms. The minimum Gasteiger partial charge on any atom is -0.381 e. The molecule has 2 saturated heterocycles. The zero-order chi connectivity index (χ0) is 12.7. The van der Waals surface area contributed by atoms with Gasteiger partial charge in [-0.15, -0.1) is 0 Å². The normalized spacial score (nSPS) is 34.8. The zero-order valence-corrected chi connectivity index (χ0v) is 11.7. The van der Waals surface area contributed by atoms with Crippen LogP contribution in [0.3, 0.4) is 0 Å². The fourth-order valence-electron chi connectivity index (χ4n) is 3.63. The van der Waals surface area contributed by atoms with E-state index in [2.05, 4.69) is 27.7 Å². The summed E-state index contributed by atoms with van der Waals surface area (Å²) in [5.41, 5.74) is 6.39. The molecule has 2 atom stereocenters. The smallest absolute Gasteiger partial charge is 0.0677 e. The predicted octanol–water partition coefficient (Wildman–Crippen LogP) is 2.33. The maximum absolute atomic E-state index is 6.51. The molecule has 3 heteroatoms. The quantitative estimate of drug-likeness (QED) is 0.807. The van der Waals surface area contributed by atoms with Crippen LogP contribution in [-0.2, 0) is 9.47 Å². The summed E-state index contributed by atoms with van der Waals surface area (Å²) in [4.78, 5) is 0. The van der Waals surface area contributed by atoms with Gasteiger partial charge in [-0.3, -0.25) is 0 Å². The van der Waals surface area contributed by atoms with Gasteiger partial charge in [0.1, 0.15) is 0 Å². The molecule has 0 radical (unpaired) electrons. The summed E-state index contributed by atoms with van der Waals surface area (Å²) in [6, 6.07) is 0.246. The van der Waals surface area contributed by atoms with Gasteiger partial charge in [-0.2, -0.15) is 0 Å². The number of ether oxygens (including phenoxy) is 2. The Morgan fingerprint density at radius 2 is 1.71 bits per heavy atom. The van der Waals surface area contributed by atoms with Crippen LogP contribution in [-0.4, -0.2) is 30.5 Å². The lowest BCUT2D eigenvalue weighted by Crippen LogP contribution is -2.46. The van der Waals surface area contributed by atoms with Crippen molar-refractivity contribution in [1.82, 2.24) is 0 Å². The van der Waals surface area contributed by atoms with Gasteiger partial charge in [0, 0.05) is 25.2 Å². The molecular formula is C14H27NO2. The Hall–Kier alpha value is -0.120. The number of hydrogen-bond donors (Lipinski definition) is 1. The minimum atomic E-state index is -0.0960. The van der Waals surface area contributed by atoms with Gasteiger partial charge in [0.25, 0.3) is 0 Å². The summed E-state index contributed by atoms with van der Waals surface area (Å²) in [5.74, 6) is 1.06. The van der Waals surface area contributed by atoms with Crippen LogP contribution in [0.25, 0.3) is 0 Å². The second kappa shape index (κ2) is 4.52. The maximum Gasteiger partial charge on any atom is 0.0677 e. The minimum absolute atomic E-state index is 0.0308. The summed E-state index contributed by atoms with van der Waals surface area (Å²) in [5, 5.41) is 0. The largest absolute Gasteiger partial charge is 0.381 e. The van der Waals surface area contributed by atoms with E-state index >= 15 is 0 Å². The molecule has 0 saturated carbocycles. The Kier molecular flexibility index (Phi) is 3.54. The van der Waals surface area contributed by atoms with Gasteiger partial charge in [0.15, 0.2) is 0 Å². The first-order chi connectivity index (χ1) is 7.82. The highest BCUT2D eigenvalue weighted by Crippen LogP contribution is 2.45. The van der Waals surface area contributed by atoms with E-state index in [1.807, 2.05) is 0 Å². The van der Waals surface area contributed by atoms with Gasteiger partial charge < -0.3 is 15.2 Å². The van der Waals surface area contributed by atoms with Crippen molar-refractivity contribution in [2.75, 3.05) is 13.2 Å². The van der Waals surface area contributed by atoms with Crippen LogP contribution in [0.1, 0.15) is 47.0 Å². The first kappa shape index (κ1) is 13.3. The van der Waals surface area contributed by atoms with E-state index in [4.69, 9.17) is 15.2 Å². The van der Waals surface area contributed by atoms with Gasteiger partial charge in [0.05, 0.1) is 11.2 Å². The van der Waals surface area contributed by atoms with E-state index in [9.17, 15) is 0 Å². The summed E-state index contributed by atoms with van der Waals surface area (Å²) in [7, 11) is 0. The molecular weight excluding hydrogens is 214 g/mol. The monoisotopic (exact) mass is 241 g/mol. The first-order valence-electron chi connectivity index (χ1n) is 6.85. The van der Waals surface area contributed by atoms with E-state index in [0.29, 0.717) is 11.8 Å². The van der Waals surface area contributed by atoms with E-state index in [-0.39, 0.29) is 17.2 Å². The molecule has 0 spiro atoms. The predicted molar refractivity (Wildman–Crippen MR) is 68.9 cm³/mol. The highest BCUT2D eigenvalue weighted by atomic mass is 16.5. The molecule has 2 aliphatic rings. The SMILES string of the molecule is CC1(C)CC(C(N)C2CCOCC2)C(C)(C)O1. The van der Waals surface area contributed by atoms with Gasteiger partial charge in [0.2, 0.25) is 0 Å². The fourth-order valence-corrected chi connectivity index (χ4v) is 3.63. The molecule has 0 amide bonds. The van der Waals surface area contributed by atoms with Crippen molar-refractivity contribution >= 4 is 0 Å². The van der Waals surface area contributed by atoms with E-state index in [1.54, 1.807) is 0 Å². The molecule has 0 aromatic heterocycles. The van der Waals surface area contributed by atoms with Crippen molar-refractivity contribution in [3.63, 3.8) is 0 Å². The van der Waals surface area contributed by atoms with E-state index < -0.39 is 0 Å². The highest BCUT2D eigenvalue weighted by Gasteiger charge is 2.49. The standard InChI is InChI=1S/C14H27NO2/c1-13(2)9-11(14(3,4)17-13)12(15)10-5-7-16-8-6-10/h10-12H,5-9,15H2,1-4H3. The van der Waals surface area contributed by atoms with Gasteiger partial charge in [-0.05, 0) is 52.9 Å². The Morgan fingerprint density at radius 1 is 1.12 bits per heavy atom. The van der Waals surface area contributed by atoms with Gasteiger partial charge >= 0.3 is 0 Å². The lowest BCUT2D eigenvalue weighted by Gasteiger charge is -2.36. The maximum atomic E-state index is 6.51. The third-order valence-electron chi connectivity index (χ3n) is 4.42. The molecule has 2 unspecified atom stereocenters. The molecule has 2 heterocycles. The molecule has 3 nitrogen and oxygen atoms in total. The van der Waals surface area contributed by atoms with Crippen molar-refractivity contribution in [2.24, 2.45) is 17.6 Å². The lowest BCUT2D eigenvalue weighted by atomic mass is 9.75. The molecule has 2 aliphatic heterocycles. The summed E-state index contributed by atoms with van der Waals surface area (Å²) in [6.45, 7) is 10.5. The van der Waals surface area contributed by atoms with Crippen LogP contribution in [0.5, 0.6) is 0 Å². The lowest BCUT2D eigenvalue weighted by molar-refractivity contribution is -0.0799. The summed E-state index contributed by atoms with van der Waals surface area (Å²) < 4.78 is 11.6. The third kappa shape index (κ3) is 2.83. The molecule has 0 aliphatic carbocycles. The Bertz CT molecular complexity index is 269. The molecule has 2 fully saturated rings. The Balaban J connectivity index is 2.05. The number of hydrogen-bond acceptors (Lipinski definition) is 3. The Labute approximate surface area is 105 Å². The molecule has 0 aromatic rings. The number of nitrogens with two attached hydrogens (primary N) is 1. The molecule has 2 rings (SSSR count). The second-order valence-corrected chi connectivity index (χ2v) is 6.80. The summed E-state index contributed by atoms with van der Waals surface area (Å²) in [6.07, 6.45) is 3.28. The van der Waals surface area contributed by atoms with Crippen LogP contribution < -0.4 is 5.73 Å². The summed E-state index contributed by atoms with van der Waals surface area (Å²) >= 11 is 0. The molecule has 0 aromatic carbocycles. The van der Waals surface area contributed by atoms with Crippen molar-refractivity contribution < 1.29 is 9.47 Å². The van der Waals surface area contributed by atoms with Crippen molar-refractivity contribution in [1.29, 1.82) is 0 Å². The van der Waals surface area contributed by atoms with E-state index in [1.165, 1.54) is 0 Å². The molecule has 2 N–H and O–H groups in total. The van der Waals surface area contributed by atoms with Crippen LogP contribution in [0, 0.1) is 11.8 Å².